The molecule has 114 valence electrons. The molecule has 0 fully saturated rings. The first-order chi connectivity index (χ1) is 11.2. The summed E-state index contributed by atoms with van der Waals surface area (Å²) >= 11 is 6.12. The van der Waals surface area contributed by atoms with Crippen LogP contribution in [0.15, 0.2) is 48.5 Å². The molecule has 0 N–H and O–H groups in total. The van der Waals surface area contributed by atoms with Gasteiger partial charge in [-0.2, -0.15) is 5.10 Å². The van der Waals surface area contributed by atoms with Crippen molar-refractivity contribution in [2.24, 2.45) is 0 Å². The van der Waals surface area contributed by atoms with Crippen molar-refractivity contribution < 1.29 is 9.59 Å². The highest BCUT2D eigenvalue weighted by molar-refractivity contribution is 6.34. The normalized spacial score (nSPS) is 13.9. The molecule has 0 unspecified atom stereocenters. The zero-order valence-corrected chi connectivity index (χ0v) is 12.8. The summed E-state index contributed by atoms with van der Waals surface area (Å²) in [6.45, 7) is 0.660. The third-order valence-electron chi connectivity index (χ3n) is 4.03. The first-order valence-corrected chi connectivity index (χ1v) is 7.61. The SMILES string of the molecule is O=C1c2ccccc2C(=O)N1CCn1nc(Cl)c2ccccc21. The summed E-state index contributed by atoms with van der Waals surface area (Å²) < 4.78 is 1.72. The number of fused-ring (bicyclic) bond motifs is 2. The van der Waals surface area contributed by atoms with Crippen LogP contribution in [0, 0.1) is 0 Å². The molecule has 0 atom stereocenters. The smallest absolute Gasteiger partial charge is 0.261 e. The van der Waals surface area contributed by atoms with Gasteiger partial charge in [0.2, 0.25) is 0 Å². The van der Waals surface area contributed by atoms with Gasteiger partial charge in [-0.05, 0) is 24.3 Å². The average Bonchev–Trinajstić information content (AvgIpc) is 3.03. The lowest BCUT2D eigenvalue weighted by Crippen LogP contribution is -2.33. The number of hydrogen-bond donors (Lipinski definition) is 0. The zero-order valence-electron chi connectivity index (χ0n) is 12.1. The van der Waals surface area contributed by atoms with Crippen LogP contribution in [0.2, 0.25) is 5.15 Å². The predicted molar refractivity (Wildman–Crippen MR) is 86.6 cm³/mol. The van der Waals surface area contributed by atoms with E-state index in [-0.39, 0.29) is 18.4 Å². The lowest BCUT2D eigenvalue weighted by Gasteiger charge is -2.14. The Balaban J connectivity index is 1.60. The van der Waals surface area contributed by atoms with E-state index in [9.17, 15) is 9.59 Å². The molecule has 0 radical (unpaired) electrons. The topological polar surface area (TPSA) is 55.2 Å². The molecule has 23 heavy (non-hydrogen) atoms. The second-order valence-corrected chi connectivity index (χ2v) is 5.70. The van der Waals surface area contributed by atoms with Gasteiger partial charge in [0.25, 0.3) is 11.8 Å². The van der Waals surface area contributed by atoms with E-state index in [2.05, 4.69) is 5.10 Å². The van der Waals surface area contributed by atoms with Crippen molar-refractivity contribution in [3.63, 3.8) is 0 Å². The van der Waals surface area contributed by atoms with Crippen molar-refractivity contribution in [3.8, 4) is 0 Å². The maximum Gasteiger partial charge on any atom is 0.261 e. The van der Waals surface area contributed by atoms with Crippen LogP contribution >= 0.6 is 11.6 Å². The lowest BCUT2D eigenvalue weighted by molar-refractivity contribution is 0.0648. The average molecular weight is 326 g/mol. The van der Waals surface area contributed by atoms with Gasteiger partial charge in [0.05, 0.1) is 23.2 Å². The molecule has 5 nitrogen and oxygen atoms in total. The Morgan fingerprint density at radius 2 is 1.48 bits per heavy atom. The summed E-state index contributed by atoms with van der Waals surface area (Å²) in [6, 6.07) is 14.5. The third-order valence-corrected chi connectivity index (χ3v) is 4.31. The Kier molecular flexibility index (Phi) is 3.16. The van der Waals surface area contributed by atoms with Crippen molar-refractivity contribution in [1.82, 2.24) is 14.7 Å². The van der Waals surface area contributed by atoms with E-state index in [1.165, 1.54) is 4.90 Å². The number of nitrogens with zero attached hydrogens (tertiary/aromatic N) is 3. The molecule has 2 heterocycles. The molecule has 4 rings (SSSR count). The Bertz CT molecular complexity index is 913. The van der Waals surface area contributed by atoms with Gasteiger partial charge < -0.3 is 0 Å². The third kappa shape index (κ3) is 2.12. The fraction of sp³-hybridized carbons (Fsp3) is 0.118. The van der Waals surface area contributed by atoms with E-state index < -0.39 is 0 Å². The van der Waals surface area contributed by atoms with Gasteiger partial charge in [-0.3, -0.25) is 19.2 Å². The van der Waals surface area contributed by atoms with E-state index in [1.807, 2.05) is 24.3 Å². The van der Waals surface area contributed by atoms with Crippen LogP contribution in [-0.4, -0.2) is 33.0 Å². The Labute approximate surface area is 137 Å². The quantitative estimate of drug-likeness (QED) is 0.696. The summed E-state index contributed by atoms with van der Waals surface area (Å²) in [5, 5.41) is 5.56. The van der Waals surface area contributed by atoms with Gasteiger partial charge in [0.15, 0.2) is 5.15 Å². The number of amides is 2. The van der Waals surface area contributed by atoms with Gasteiger partial charge in [0.1, 0.15) is 0 Å². The molecule has 0 spiro atoms. The molecular weight excluding hydrogens is 314 g/mol. The van der Waals surface area contributed by atoms with Crippen LogP contribution in [0.25, 0.3) is 10.9 Å². The van der Waals surface area contributed by atoms with Gasteiger partial charge >= 0.3 is 0 Å². The maximum atomic E-state index is 12.3. The minimum Gasteiger partial charge on any atom is -0.272 e. The molecule has 2 amide bonds. The van der Waals surface area contributed by atoms with Crippen molar-refractivity contribution in [1.29, 1.82) is 0 Å². The number of halogens is 1. The highest BCUT2D eigenvalue weighted by Crippen LogP contribution is 2.24. The molecule has 2 aromatic carbocycles. The highest BCUT2D eigenvalue weighted by Gasteiger charge is 2.34. The molecule has 0 saturated carbocycles. The second-order valence-electron chi connectivity index (χ2n) is 5.34. The first kappa shape index (κ1) is 14.0. The molecule has 1 aromatic heterocycles. The van der Waals surface area contributed by atoms with Crippen LogP contribution in [0.4, 0.5) is 0 Å². The second kappa shape index (κ2) is 5.21. The molecule has 3 aromatic rings. The van der Waals surface area contributed by atoms with Crippen LogP contribution in [0.1, 0.15) is 20.7 Å². The van der Waals surface area contributed by atoms with Crippen LogP contribution in [0.3, 0.4) is 0 Å². The molecule has 6 heteroatoms. The van der Waals surface area contributed by atoms with Crippen LogP contribution in [-0.2, 0) is 6.54 Å². The minimum absolute atomic E-state index is 0.256. The molecule has 1 aliphatic heterocycles. The number of rotatable bonds is 3. The van der Waals surface area contributed by atoms with Gasteiger partial charge in [0, 0.05) is 11.9 Å². The largest absolute Gasteiger partial charge is 0.272 e. The van der Waals surface area contributed by atoms with Crippen LogP contribution in [0.5, 0.6) is 0 Å². The molecule has 1 aliphatic rings. The monoisotopic (exact) mass is 325 g/mol. The van der Waals surface area contributed by atoms with E-state index in [0.29, 0.717) is 22.8 Å². The summed E-state index contributed by atoms with van der Waals surface area (Å²) in [4.78, 5) is 26.0. The highest BCUT2D eigenvalue weighted by atomic mass is 35.5. The number of para-hydroxylation sites is 1. The Morgan fingerprint density at radius 1 is 0.870 bits per heavy atom. The van der Waals surface area contributed by atoms with Crippen LogP contribution < -0.4 is 0 Å². The minimum atomic E-state index is -0.256. The van der Waals surface area contributed by atoms with E-state index >= 15 is 0 Å². The number of carbonyl (C=O) groups excluding carboxylic acids is 2. The molecular formula is C17H12ClN3O2. The van der Waals surface area contributed by atoms with Gasteiger partial charge in [-0.15, -0.1) is 0 Å². The Morgan fingerprint density at radius 3 is 2.17 bits per heavy atom. The number of imide groups is 1. The Hall–Kier alpha value is -2.66. The molecule has 0 aliphatic carbocycles. The standard InChI is InChI=1S/C17H12ClN3O2/c18-15-13-7-3-4-8-14(13)21(19-15)10-9-20-16(22)11-5-1-2-6-12(11)17(20)23/h1-8H,9-10H2. The summed E-state index contributed by atoms with van der Waals surface area (Å²) in [5.74, 6) is -0.513. The maximum absolute atomic E-state index is 12.3. The zero-order chi connectivity index (χ0) is 16.0. The van der Waals surface area contributed by atoms with Crippen molar-refractivity contribution in [2.75, 3.05) is 6.54 Å². The number of aromatic nitrogens is 2. The van der Waals surface area contributed by atoms with Crippen molar-refractivity contribution in [3.05, 3.63) is 64.8 Å². The number of carbonyl (C=O) groups is 2. The number of benzene rings is 2. The predicted octanol–water partition coefficient (Wildman–Crippen LogP) is 2.99. The van der Waals surface area contributed by atoms with E-state index in [1.54, 1.807) is 28.9 Å². The summed E-state index contributed by atoms with van der Waals surface area (Å²) in [7, 11) is 0. The van der Waals surface area contributed by atoms with Crippen molar-refractivity contribution in [2.45, 2.75) is 6.54 Å². The lowest BCUT2D eigenvalue weighted by atomic mass is 10.1. The first-order valence-electron chi connectivity index (χ1n) is 7.23. The molecule has 0 bridgehead atoms. The fourth-order valence-corrected chi connectivity index (χ4v) is 3.15. The molecule has 0 saturated heterocycles. The van der Waals surface area contributed by atoms with Gasteiger partial charge in [-0.25, -0.2) is 0 Å². The summed E-state index contributed by atoms with van der Waals surface area (Å²) in [6.07, 6.45) is 0. The van der Waals surface area contributed by atoms with Gasteiger partial charge in [-0.1, -0.05) is 35.9 Å². The fourth-order valence-electron chi connectivity index (χ4n) is 2.89. The summed E-state index contributed by atoms with van der Waals surface area (Å²) in [5.41, 5.74) is 1.80. The number of hydrogen-bond acceptors (Lipinski definition) is 3. The van der Waals surface area contributed by atoms with Crippen molar-refractivity contribution >= 4 is 34.3 Å². The van der Waals surface area contributed by atoms with E-state index in [0.717, 1.165) is 10.9 Å². The van der Waals surface area contributed by atoms with E-state index in [4.69, 9.17) is 11.6 Å².